The molecule has 0 atom stereocenters. The lowest BCUT2D eigenvalue weighted by atomic mass is 10.1. The van der Waals surface area contributed by atoms with Crippen molar-refractivity contribution >= 4 is 27.6 Å². The molecule has 0 amide bonds. The van der Waals surface area contributed by atoms with Crippen LogP contribution in [0.15, 0.2) is 63.3 Å². The van der Waals surface area contributed by atoms with Crippen molar-refractivity contribution in [2.45, 2.75) is 30.2 Å². The zero-order valence-electron chi connectivity index (χ0n) is 16.0. The van der Waals surface area contributed by atoms with Crippen LogP contribution < -0.4 is 10.6 Å². The van der Waals surface area contributed by atoms with Crippen molar-refractivity contribution in [3.8, 4) is 0 Å². The predicted molar refractivity (Wildman–Crippen MR) is 114 cm³/mol. The van der Waals surface area contributed by atoms with E-state index in [9.17, 15) is 8.42 Å². The number of thioether (sulfide) groups is 1. The van der Waals surface area contributed by atoms with Crippen molar-refractivity contribution < 1.29 is 8.42 Å². The van der Waals surface area contributed by atoms with Gasteiger partial charge in [-0.1, -0.05) is 30.3 Å². The lowest BCUT2D eigenvalue weighted by Crippen LogP contribution is -2.39. The molecular formula is C20H27N3O2S2. The first kappa shape index (κ1) is 21.3. The predicted octanol–water partition coefficient (Wildman–Crippen LogP) is 3.25. The molecule has 146 valence electrons. The first-order valence-electron chi connectivity index (χ1n) is 8.89. The van der Waals surface area contributed by atoms with Crippen LogP contribution in [0.4, 0.5) is 0 Å². The van der Waals surface area contributed by atoms with Gasteiger partial charge in [-0.3, -0.25) is 0 Å². The second-order valence-electron chi connectivity index (χ2n) is 6.07. The number of aryl methyl sites for hydroxylation is 1. The van der Waals surface area contributed by atoms with Gasteiger partial charge in [-0.05, 0) is 49.4 Å². The fourth-order valence-electron chi connectivity index (χ4n) is 2.54. The Hall–Kier alpha value is -1.99. The van der Waals surface area contributed by atoms with Crippen molar-refractivity contribution in [3.63, 3.8) is 0 Å². The molecule has 0 fully saturated rings. The van der Waals surface area contributed by atoms with Gasteiger partial charge >= 0.3 is 0 Å². The van der Waals surface area contributed by atoms with Gasteiger partial charge in [-0.15, -0.1) is 11.8 Å². The van der Waals surface area contributed by atoms with Gasteiger partial charge in [0.2, 0.25) is 0 Å². The number of aliphatic imine (C=N–C) groups is 1. The molecule has 0 radical (unpaired) electrons. The summed E-state index contributed by atoms with van der Waals surface area (Å²) < 4.78 is 24.7. The fourth-order valence-corrected chi connectivity index (χ4v) is 4.41. The number of benzene rings is 2. The van der Waals surface area contributed by atoms with Crippen molar-refractivity contribution in [1.82, 2.24) is 10.6 Å². The highest BCUT2D eigenvalue weighted by atomic mass is 32.2. The van der Waals surface area contributed by atoms with Crippen molar-refractivity contribution in [2.24, 2.45) is 4.99 Å². The Bertz CT molecular complexity index is 866. The molecule has 2 N–H and O–H groups in total. The van der Waals surface area contributed by atoms with Crippen LogP contribution >= 0.6 is 11.8 Å². The molecule has 2 rings (SSSR count). The van der Waals surface area contributed by atoms with E-state index < -0.39 is 9.84 Å². The van der Waals surface area contributed by atoms with Crippen LogP contribution in [0.5, 0.6) is 0 Å². The van der Waals surface area contributed by atoms with Crippen molar-refractivity contribution in [3.05, 3.63) is 59.7 Å². The highest BCUT2D eigenvalue weighted by molar-refractivity contribution is 7.98. The number of sulfone groups is 1. The maximum absolute atomic E-state index is 12.4. The first-order chi connectivity index (χ1) is 13.0. The van der Waals surface area contributed by atoms with Gasteiger partial charge in [-0.25, -0.2) is 13.4 Å². The maximum Gasteiger partial charge on any atom is 0.191 e. The summed E-state index contributed by atoms with van der Waals surface area (Å²) >= 11 is 1.70. The molecular weight excluding hydrogens is 378 g/mol. The molecule has 7 heteroatoms. The molecule has 0 bridgehead atoms. The molecule has 2 aromatic rings. The first-order valence-corrected chi connectivity index (χ1v) is 11.8. The lowest BCUT2D eigenvalue weighted by molar-refractivity contribution is 0.594. The average molecular weight is 406 g/mol. The second kappa shape index (κ2) is 10.4. The van der Waals surface area contributed by atoms with Crippen LogP contribution in [-0.2, 0) is 16.4 Å². The Morgan fingerprint density at radius 1 is 1.11 bits per heavy atom. The van der Waals surface area contributed by atoms with E-state index in [1.165, 1.54) is 10.5 Å². The smallest absolute Gasteiger partial charge is 0.191 e. The molecule has 0 heterocycles. The molecule has 27 heavy (non-hydrogen) atoms. The molecule has 0 aliphatic carbocycles. The highest BCUT2D eigenvalue weighted by Gasteiger charge is 2.13. The van der Waals surface area contributed by atoms with E-state index in [1.54, 1.807) is 42.1 Å². The summed E-state index contributed by atoms with van der Waals surface area (Å²) in [5, 5.41) is 6.28. The third-order valence-corrected chi connectivity index (χ3v) is 6.51. The van der Waals surface area contributed by atoms with Crippen LogP contribution in [0.1, 0.15) is 18.1 Å². The second-order valence-corrected chi connectivity index (χ2v) is 9.03. The summed E-state index contributed by atoms with van der Waals surface area (Å²) in [6, 6.07) is 14.8. The summed E-state index contributed by atoms with van der Waals surface area (Å²) in [4.78, 5) is 6.16. The molecule has 0 saturated heterocycles. The van der Waals surface area contributed by atoms with E-state index in [1.807, 2.05) is 6.92 Å². The van der Waals surface area contributed by atoms with E-state index in [2.05, 4.69) is 47.0 Å². The Labute approximate surface area is 166 Å². The Kier molecular flexibility index (Phi) is 8.19. The maximum atomic E-state index is 12.4. The molecule has 0 aromatic heterocycles. The summed E-state index contributed by atoms with van der Waals surface area (Å²) in [5.41, 5.74) is 2.38. The summed E-state index contributed by atoms with van der Waals surface area (Å²) in [5.74, 6) is 0.635. The summed E-state index contributed by atoms with van der Waals surface area (Å²) in [6.07, 6.45) is 2.06. The van der Waals surface area contributed by atoms with Gasteiger partial charge in [0.1, 0.15) is 0 Å². The molecule has 0 unspecified atom stereocenters. The van der Waals surface area contributed by atoms with Gasteiger partial charge in [0.15, 0.2) is 15.8 Å². The Morgan fingerprint density at radius 3 is 2.52 bits per heavy atom. The lowest BCUT2D eigenvalue weighted by Gasteiger charge is -2.12. The van der Waals surface area contributed by atoms with Gasteiger partial charge in [0.05, 0.1) is 17.2 Å². The third kappa shape index (κ3) is 6.59. The Balaban J connectivity index is 2.00. The SMILES string of the molecule is CCNC(=NCc1ccc(C)cc1SC)NCCS(=O)(=O)c1ccccc1. The van der Waals surface area contributed by atoms with Crippen molar-refractivity contribution in [1.29, 1.82) is 0 Å². The molecule has 5 nitrogen and oxygen atoms in total. The van der Waals surface area contributed by atoms with Crippen LogP contribution in [0.2, 0.25) is 0 Å². The molecule has 0 aliphatic heterocycles. The summed E-state index contributed by atoms with van der Waals surface area (Å²) in [6.45, 7) is 5.60. The standard InChI is InChI=1S/C20H27N3O2S2/c1-4-21-20(23-15-17-11-10-16(2)14-19(17)26-3)22-12-13-27(24,25)18-8-6-5-7-9-18/h5-11,14H,4,12-13,15H2,1-3H3,(H2,21,22,23). The number of nitrogens with one attached hydrogen (secondary N) is 2. The molecule has 0 spiro atoms. The minimum atomic E-state index is -3.30. The minimum absolute atomic E-state index is 0.0159. The van der Waals surface area contributed by atoms with Gasteiger partial charge < -0.3 is 10.6 Å². The number of guanidine groups is 1. The highest BCUT2D eigenvalue weighted by Crippen LogP contribution is 2.22. The average Bonchev–Trinajstić information content (AvgIpc) is 2.67. The van der Waals surface area contributed by atoms with Crippen LogP contribution in [-0.4, -0.2) is 39.5 Å². The van der Waals surface area contributed by atoms with E-state index in [4.69, 9.17) is 0 Å². The normalized spacial score (nSPS) is 12.0. The summed E-state index contributed by atoms with van der Waals surface area (Å²) in [7, 11) is -3.30. The quantitative estimate of drug-likeness (QED) is 0.401. The molecule has 0 aliphatic rings. The largest absolute Gasteiger partial charge is 0.357 e. The monoisotopic (exact) mass is 405 g/mol. The number of rotatable bonds is 8. The number of hydrogen-bond donors (Lipinski definition) is 2. The topological polar surface area (TPSA) is 70.6 Å². The Morgan fingerprint density at radius 2 is 1.85 bits per heavy atom. The third-order valence-electron chi connectivity index (χ3n) is 3.96. The van der Waals surface area contributed by atoms with Gasteiger partial charge in [0, 0.05) is 18.0 Å². The van der Waals surface area contributed by atoms with E-state index in [0.717, 1.165) is 5.56 Å². The van der Waals surface area contributed by atoms with Crippen LogP contribution in [0.3, 0.4) is 0 Å². The number of nitrogens with zero attached hydrogens (tertiary/aromatic N) is 1. The van der Waals surface area contributed by atoms with Crippen LogP contribution in [0, 0.1) is 6.92 Å². The minimum Gasteiger partial charge on any atom is -0.357 e. The van der Waals surface area contributed by atoms with E-state index in [0.29, 0.717) is 30.5 Å². The van der Waals surface area contributed by atoms with E-state index in [-0.39, 0.29) is 5.75 Å². The molecule has 0 saturated carbocycles. The van der Waals surface area contributed by atoms with Crippen molar-refractivity contribution in [2.75, 3.05) is 25.1 Å². The fraction of sp³-hybridized carbons (Fsp3) is 0.350. The van der Waals surface area contributed by atoms with Crippen LogP contribution in [0.25, 0.3) is 0 Å². The van der Waals surface area contributed by atoms with Gasteiger partial charge in [0.25, 0.3) is 0 Å². The zero-order chi connectivity index (χ0) is 19.7. The zero-order valence-corrected chi connectivity index (χ0v) is 17.7. The molecule has 2 aromatic carbocycles. The number of hydrogen-bond acceptors (Lipinski definition) is 4. The van der Waals surface area contributed by atoms with Gasteiger partial charge in [-0.2, -0.15) is 0 Å². The van der Waals surface area contributed by atoms with E-state index >= 15 is 0 Å².